The van der Waals surface area contributed by atoms with Gasteiger partial charge in [0.25, 0.3) is 4.70 Å². The van der Waals surface area contributed by atoms with Crippen molar-refractivity contribution in [2.75, 3.05) is 7.11 Å². The molecule has 10 nitrogen and oxygen atoms in total. The van der Waals surface area contributed by atoms with Gasteiger partial charge in [-0.2, -0.15) is 0 Å². The van der Waals surface area contributed by atoms with E-state index in [1.165, 1.54) is 0 Å². The number of carbonyl (C=O) groups excluding carboxylic acids is 4. The molecule has 0 bridgehead atoms. The first-order valence-corrected chi connectivity index (χ1v) is 7.47. The number of hydrogen-bond acceptors (Lipinski definition) is 10. The first-order valence-electron chi connectivity index (χ1n) is 6.68. The summed E-state index contributed by atoms with van der Waals surface area (Å²) in [5.74, 6) is -3.49. The van der Waals surface area contributed by atoms with Crippen LogP contribution in [-0.4, -0.2) is 65.2 Å². The minimum atomic E-state index is -2.39. The summed E-state index contributed by atoms with van der Waals surface area (Å²) in [5, 5.41) is 10.3. The zero-order chi connectivity index (χ0) is 18.7. The molecule has 0 aromatic heterocycles. The van der Waals surface area contributed by atoms with Gasteiger partial charge in [0, 0.05) is 20.8 Å². The number of esters is 4. The molecule has 1 aliphatic heterocycles. The lowest BCUT2D eigenvalue weighted by Gasteiger charge is -2.45. The second-order valence-corrected chi connectivity index (χ2v) is 5.98. The Hall–Kier alpha value is -1.72. The molecule has 0 spiro atoms. The van der Waals surface area contributed by atoms with Gasteiger partial charge in [0.1, 0.15) is 0 Å². The standard InChI is InChI=1S/C13H17BrO10/c1-5(15)21-8-9(22-6(2)16)11(23-7(3)17)13(14,19)24-10(8)12(18)20-4/h8-11,19H,1-4H3/t8-,9-,10-,11+,13?/m0/s1. The van der Waals surface area contributed by atoms with E-state index in [0.29, 0.717) is 0 Å². The van der Waals surface area contributed by atoms with Crippen LogP contribution in [0.3, 0.4) is 0 Å². The van der Waals surface area contributed by atoms with Crippen molar-refractivity contribution in [1.82, 2.24) is 0 Å². The Morgan fingerprint density at radius 3 is 1.83 bits per heavy atom. The molecule has 0 amide bonds. The summed E-state index contributed by atoms with van der Waals surface area (Å²) in [6.07, 6.45) is -6.30. The van der Waals surface area contributed by atoms with Crippen LogP contribution in [0.5, 0.6) is 0 Å². The number of ether oxygens (including phenoxy) is 5. The summed E-state index contributed by atoms with van der Waals surface area (Å²) >= 11 is 2.77. The van der Waals surface area contributed by atoms with Crippen molar-refractivity contribution in [1.29, 1.82) is 0 Å². The molecule has 1 saturated heterocycles. The van der Waals surface area contributed by atoms with Crippen molar-refractivity contribution in [3.8, 4) is 0 Å². The van der Waals surface area contributed by atoms with Gasteiger partial charge in [-0.1, -0.05) is 0 Å². The fourth-order valence-corrected chi connectivity index (χ4v) is 2.67. The van der Waals surface area contributed by atoms with Gasteiger partial charge in [0.05, 0.1) is 7.11 Å². The SMILES string of the molecule is COC(=O)[C@H]1OC(O)(Br)[C@H](OC(C)=O)[C@@H](OC(C)=O)[C@@H]1OC(C)=O. The number of aliphatic hydroxyl groups is 1. The normalized spacial score (nSPS) is 32.4. The number of hydrogen-bond donors (Lipinski definition) is 1. The van der Waals surface area contributed by atoms with E-state index in [9.17, 15) is 24.3 Å². The maximum Gasteiger partial charge on any atom is 0.339 e. The highest BCUT2D eigenvalue weighted by Gasteiger charge is 2.60. The third kappa shape index (κ3) is 4.89. The Bertz CT molecular complexity index is 531. The van der Waals surface area contributed by atoms with Gasteiger partial charge in [-0.25, -0.2) is 4.79 Å². The highest BCUT2D eigenvalue weighted by molar-refractivity contribution is 9.10. The van der Waals surface area contributed by atoms with Crippen molar-refractivity contribution in [2.24, 2.45) is 0 Å². The summed E-state index contributed by atoms with van der Waals surface area (Å²) in [6.45, 7) is 3.14. The molecular weight excluding hydrogens is 396 g/mol. The number of alkyl halides is 1. The Morgan fingerprint density at radius 1 is 0.958 bits per heavy atom. The molecule has 1 fully saturated rings. The van der Waals surface area contributed by atoms with E-state index < -0.39 is 53.0 Å². The van der Waals surface area contributed by atoms with Crippen LogP contribution in [0.1, 0.15) is 20.8 Å². The van der Waals surface area contributed by atoms with Crippen LogP contribution >= 0.6 is 15.9 Å². The first kappa shape index (κ1) is 20.3. The lowest BCUT2D eigenvalue weighted by Crippen LogP contribution is -2.66. The van der Waals surface area contributed by atoms with E-state index in [0.717, 1.165) is 27.9 Å². The first-order chi connectivity index (χ1) is 11.0. The third-order valence-electron chi connectivity index (χ3n) is 2.89. The van der Waals surface area contributed by atoms with Crippen LogP contribution in [0, 0.1) is 0 Å². The third-order valence-corrected chi connectivity index (χ3v) is 3.53. The topological polar surface area (TPSA) is 135 Å². The second kappa shape index (κ2) is 7.90. The van der Waals surface area contributed by atoms with Gasteiger partial charge < -0.3 is 28.8 Å². The Morgan fingerprint density at radius 2 is 1.42 bits per heavy atom. The summed E-state index contributed by atoms with van der Waals surface area (Å²) in [5.41, 5.74) is 0. The van der Waals surface area contributed by atoms with Crippen molar-refractivity contribution in [3.63, 3.8) is 0 Å². The second-order valence-electron chi connectivity index (χ2n) is 4.85. The Kier molecular flexibility index (Phi) is 6.69. The van der Waals surface area contributed by atoms with Crippen LogP contribution < -0.4 is 0 Å². The molecule has 136 valence electrons. The molecule has 5 atom stereocenters. The van der Waals surface area contributed by atoms with Crippen LogP contribution in [0.25, 0.3) is 0 Å². The van der Waals surface area contributed by atoms with Gasteiger partial charge in [0.2, 0.25) is 6.10 Å². The predicted molar refractivity (Wildman–Crippen MR) is 77.4 cm³/mol. The molecule has 1 unspecified atom stereocenters. The van der Waals surface area contributed by atoms with Crippen LogP contribution in [-0.2, 0) is 42.9 Å². The van der Waals surface area contributed by atoms with E-state index in [2.05, 4.69) is 20.7 Å². The average molecular weight is 413 g/mol. The quantitative estimate of drug-likeness (QED) is 0.361. The summed E-state index contributed by atoms with van der Waals surface area (Å²) < 4.78 is 22.2. The molecule has 0 aromatic rings. The molecule has 1 heterocycles. The summed E-state index contributed by atoms with van der Waals surface area (Å²) in [7, 11) is 1.04. The monoisotopic (exact) mass is 412 g/mol. The van der Waals surface area contributed by atoms with Gasteiger partial charge in [0.15, 0.2) is 18.3 Å². The lowest BCUT2D eigenvalue weighted by molar-refractivity contribution is -0.302. The van der Waals surface area contributed by atoms with E-state index in [1.807, 2.05) is 0 Å². The van der Waals surface area contributed by atoms with E-state index in [1.54, 1.807) is 0 Å². The largest absolute Gasteiger partial charge is 0.467 e. The number of methoxy groups -OCH3 is 1. The smallest absolute Gasteiger partial charge is 0.339 e. The van der Waals surface area contributed by atoms with Gasteiger partial charge in [-0.15, -0.1) is 0 Å². The minimum absolute atomic E-state index is 0.823. The molecular formula is C13H17BrO10. The highest BCUT2D eigenvalue weighted by Crippen LogP contribution is 2.38. The van der Waals surface area contributed by atoms with Crippen LogP contribution in [0.4, 0.5) is 0 Å². The van der Waals surface area contributed by atoms with E-state index in [-0.39, 0.29) is 0 Å². The maximum absolute atomic E-state index is 11.9. The zero-order valence-corrected chi connectivity index (χ0v) is 14.9. The molecule has 11 heteroatoms. The molecule has 0 radical (unpaired) electrons. The van der Waals surface area contributed by atoms with Gasteiger partial charge in [-0.3, -0.25) is 14.4 Å². The molecule has 0 aromatic carbocycles. The van der Waals surface area contributed by atoms with Crippen LogP contribution in [0.15, 0.2) is 0 Å². The molecule has 1 N–H and O–H groups in total. The van der Waals surface area contributed by atoms with Crippen molar-refractivity contribution < 1.29 is 48.0 Å². The fourth-order valence-electron chi connectivity index (χ4n) is 2.12. The van der Waals surface area contributed by atoms with E-state index >= 15 is 0 Å². The summed E-state index contributed by atoms with van der Waals surface area (Å²) in [4.78, 5) is 45.9. The van der Waals surface area contributed by atoms with Crippen molar-refractivity contribution >= 4 is 39.8 Å². The fraction of sp³-hybridized carbons (Fsp3) is 0.692. The van der Waals surface area contributed by atoms with E-state index in [4.69, 9.17) is 18.9 Å². The number of rotatable bonds is 4. The zero-order valence-electron chi connectivity index (χ0n) is 13.3. The van der Waals surface area contributed by atoms with Gasteiger partial charge >= 0.3 is 23.9 Å². The number of halogens is 1. The Balaban J connectivity index is 3.34. The number of carbonyl (C=O) groups is 4. The minimum Gasteiger partial charge on any atom is -0.467 e. The summed E-state index contributed by atoms with van der Waals surface area (Å²) in [6, 6.07) is 0. The molecule has 0 aliphatic carbocycles. The molecule has 1 aliphatic rings. The highest BCUT2D eigenvalue weighted by atomic mass is 79.9. The predicted octanol–water partition coefficient (Wildman–Crippen LogP) is -0.606. The van der Waals surface area contributed by atoms with Gasteiger partial charge in [-0.05, 0) is 15.9 Å². The average Bonchev–Trinajstić information content (AvgIpc) is 2.43. The maximum atomic E-state index is 11.9. The lowest BCUT2D eigenvalue weighted by atomic mass is 9.97. The van der Waals surface area contributed by atoms with Crippen molar-refractivity contribution in [2.45, 2.75) is 49.9 Å². The molecule has 24 heavy (non-hydrogen) atoms. The molecule has 1 rings (SSSR count). The van der Waals surface area contributed by atoms with Crippen molar-refractivity contribution in [3.05, 3.63) is 0 Å². The Labute approximate surface area is 145 Å². The van der Waals surface area contributed by atoms with Crippen LogP contribution in [0.2, 0.25) is 0 Å². The molecule has 0 saturated carbocycles.